The molecule has 0 aromatic rings. The second-order valence-electron chi connectivity index (χ2n) is 5.89. The highest BCUT2D eigenvalue weighted by Crippen LogP contribution is 2.38. The lowest BCUT2D eigenvalue weighted by Gasteiger charge is -2.40. The molecule has 1 aliphatic carbocycles. The van der Waals surface area contributed by atoms with E-state index in [1.54, 1.807) is 0 Å². The van der Waals surface area contributed by atoms with Gasteiger partial charge < -0.3 is 0 Å². The van der Waals surface area contributed by atoms with E-state index in [1.165, 1.54) is 0 Å². The van der Waals surface area contributed by atoms with Crippen molar-refractivity contribution in [3.63, 3.8) is 0 Å². The highest BCUT2D eigenvalue weighted by molar-refractivity contribution is 4.86. The Labute approximate surface area is 101 Å². The van der Waals surface area contributed by atoms with Gasteiger partial charge in [-0.2, -0.15) is 18.7 Å². The van der Waals surface area contributed by atoms with Crippen molar-refractivity contribution in [3.05, 3.63) is 0 Å². The quantitative estimate of drug-likeness (QED) is 0.775. The lowest BCUT2D eigenvalue weighted by Crippen LogP contribution is -2.45. The number of halogens is 3. The van der Waals surface area contributed by atoms with E-state index in [9.17, 15) is 13.2 Å². The minimum Gasteiger partial charge on any atom is -0.292 e. The maximum absolute atomic E-state index is 12.0. The molecule has 0 saturated heterocycles. The number of hydrogen-bond donors (Lipinski definition) is 1. The molecule has 0 aromatic heterocycles. The van der Waals surface area contributed by atoms with Crippen LogP contribution in [0.15, 0.2) is 0 Å². The van der Waals surface area contributed by atoms with Crippen molar-refractivity contribution in [1.82, 2.24) is 5.48 Å². The van der Waals surface area contributed by atoms with Crippen LogP contribution in [0.2, 0.25) is 0 Å². The van der Waals surface area contributed by atoms with E-state index >= 15 is 0 Å². The first-order valence-electron chi connectivity index (χ1n) is 6.14. The van der Waals surface area contributed by atoms with Gasteiger partial charge in [0, 0.05) is 6.04 Å². The molecule has 0 aromatic carbocycles. The molecule has 0 radical (unpaired) electrons. The fraction of sp³-hybridized carbons (Fsp3) is 1.00. The summed E-state index contributed by atoms with van der Waals surface area (Å²) in [6, 6.07) is 0.0334. The molecule has 2 atom stereocenters. The number of rotatable bonds is 3. The summed E-state index contributed by atoms with van der Waals surface area (Å²) in [5, 5.41) is 0. The molecule has 0 amide bonds. The molecular weight excluding hydrogens is 231 g/mol. The smallest absolute Gasteiger partial charge is 0.292 e. The van der Waals surface area contributed by atoms with Gasteiger partial charge in [0.25, 0.3) is 0 Å². The molecule has 102 valence electrons. The van der Waals surface area contributed by atoms with Crippen LogP contribution in [0.4, 0.5) is 13.2 Å². The predicted molar refractivity (Wildman–Crippen MR) is 60.3 cm³/mol. The van der Waals surface area contributed by atoms with Crippen LogP contribution in [-0.4, -0.2) is 18.8 Å². The maximum Gasteiger partial charge on any atom is 0.413 e. The van der Waals surface area contributed by atoms with Gasteiger partial charge in [0.05, 0.1) is 0 Å². The predicted octanol–water partition coefficient (Wildman–Crippen LogP) is 3.67. The van der Waals surface area contributed by atoms with Crippen LogP contribution in [0.3, 0.4) is 0 Å². The van der Waals surface area contributed by atoms with E-state index in [2.05, 4.69) is 31.1 Å². The lowest BCUT2D eigenvalue weighted by atomic mass is 9.70. The van der Waals surface area contributed by atoms with Gasteiger partial charge in [-0.25, -0.2) is 0 Å². The van der Waals surface area contributed by atoms with Crippen molar-refractivity contribution in [2.45, 2.75) is 58.7 Å². The van der Waals surface area contributed by atoms with Crippen molar-refractivity contribution in [2.75, 3.05) is 6.61 Å². The van der Waals surface area contributed by atoms with E-state index < -0.39 is 12.8 Å². The third-order valence-electron chi connectivity index (χ3n) is 3.35. The summed E-state index contributed by atoms with van der Waals surface area (Å²) < 4.78 is 35.9. The van der Waals surface area contributed by atoms with Gasteiger partial charge in [-0.3, -0.25) is 4.84 Å². The SMILES string of the molecule is CC(C)(C)C1CCCCC1NOCC(F)(F)F. The molecule has 5 heteroatoms. The molecule has 1 N–H and O–H groups in total. The Bertz CT molecular complexity index is 235. The highest BCUT2D eigenvalue weighted by Gasteiger charge is 2.35. The van der Waals surface area contributed by atoms with Gasteiger partial charge >= 0.3 is 6.18 Å². The molecule has 1 rings (SSSR count). The number of nitrogens with one attached hydrogen (secondary N) is 1. The summed E-state index contributed by atoms with van der Waals surface area (Å²) in [7, 11) is 0. The number of alkyl halides is 3. The Morgan fingerprint density at radius 2 is 1.71 bits per heavy atom. The summed E-state index contributed by atoms with van der Waals surface area (Å²) >= 11 is 0. The molecule has 0 heterocycles. The highest BCUT2D eigenvalue weighted by atomic mass is 19.4. The molecule has 0 aliphatic heterocycles. The van der Waals surface area contributed by atoms with Crippen LogP contribution >= 0.6 is 0 Å². The second kappa shape index (κ2) is 5.57. The summed E-state index contributed by atoms with van der Waals surface area (Å²) in [6.07, 6.45) is -0.117. The Balaban J connectivity index is 2.44. The molecule has 17 heavy (non-hydrogen) atoms. The van der Waals surface area contributed by atoms with Crippen molar-refractivity contribution in [2.24, 2.45) is 11.3 Å². The third kappa shape index (κ3) is 5.25. The average Bonchev–Trinajstić information content (AvgIpc) is 2.15. The van der Waals surface area contributed by atoms with Crippen LogP contribution in [0, 0.1) is 11.3 Å². The Morgan fingerprint density at radius 3 is 2.24 bits per heavy atom. The van der Waals surface area contributed by atoms with Crippen LogP contribution in [0.25, 0.3) is 0 Å². The first kappa shape index (κ1) is 14.8. The molecule has 0 bridgehead atoms. The van der Waals surface area contributed by atoms with Gasteiger partial charge in [-0.15, -0.1) is 0 Å². The van der Waals surface area contributed by atoms with Crippen molar-refractivity contribution >= 4 is 0 Å². The fourth-order valence-electron chi connectivity index (χ4n) is 2.54. The zero-order chi connectivity index (χ0) is 13.1. The van der Waals surface area contributed by atoms with E-state index in [0.29, 0.717) is 5.92 Å². The normalized spacial score (nSPS) is 27.2. The molecule has 2 nitrogen and oxygen atoms in total. The van der Waals surface area contributed by atoms with E-state index in [1.807, 2.05) is 0 Å². The van der Waals surface area contributed by atoms with Gasteiger partial charge in [0.1, 0.15) is 0 Å². The average molecular weight is 253 g/mol. The van der Waals surface area contributed by atoms with Gasteiger partial charge in [-0.1, -0.05) is 33.6 Å². The van der Waals surface area contributed by atoms with Gasteiger partial charge in [-0.05, 0) is 24.2 Å². The van der Waals surface area contributed by atoms with Crippen LogP contribution in [0.1, 0.15) is 46.5 Å². The van der Waals surface area contributed by atoms with Gasteiger partial charge in [0.15, 0.2) is 6.61 Å². The standard InChI is InChI=1S/C12H22F3NO/c1-11(2,3)9-6-4-5-7-10(9)16-17-8-12(13,14)15/h9-10,16H,4-8H2,1-3H3. The van der Waals surface area contributed by atoms with E-state index in [-0.39, 0.29) is 11.5 Å². The Morgan fingerprint density at radius 1 is 1.12 bits per heavy atom. The molecule has 1 fully saturated rings. The monoisotopic (exact) mass is 253 g/mol. The van der Waals surface area contributed by atoms with Crippen LogP contribution in [0.5, 0.6) is 0 Å². The summed E-state index contributed by atoms with van der Waals surface area (Å²) in [5.74, 6) is 0.365. The van der Waals surface area contributed by atoms with E-state index in [4.69, 9.17) is 0 Å². The first-order valence-corrected chi connectivity index (χ1v) is 6.14. The minimum absolute atomic E-state index is 0.0334. The molecule has 0 spiro atoms. The second-order valence-corrected chi connectivity index (χ2v) is 5.89. The third-order valence-corrected chi connectivity index (χ3v) is 3.35. The molecule has 1 aliphatic rings. The fourth-order valence-corrected chi connectivity index (χ4v) is 2.54. The summed E-state index contributed by atoms with van der Waals surface area (Å²) in [4.78, 5) is 4.59. The lowest BCUT2D eigenvalue weighted by molar-refractivity contribution is -0.196. The minimum atomic E-state index is -4.26. The zero-order valence-electron chi connectivity index (χ0n) is 10.7. The summed E-state index contributed by atoms with van der Waals surface area (Å²) in [5.41, 5.74) is 2.71. The van der Waals surface area contributed by atoms with Crippen molar-refractivity contribution in [3.8, 4) is 0 Å². The summed E-state index contributed by atoms with van der Waals surface area (Å²) in [6.45, 7) is 5.16. The Kier molecular flexibility index (Phi) is 4.84. The number of hydrogen-bond acceptors (Lipinski definition) is 2. The molecule has 2 unspecified atom stereocenters. The van der Waals surface area contributed by atoms with Crippen LogP contribution < -0.4 is 5.48 Å². The van der Waals surface area contributed by atoms with E-state index in [0.717, 1.165) is 25.7 Å². The Hall–Kier alpha value is -0.290. The molecular formula is C12H22F3NO. The topological polar surface area (TPSA) is 21.3 Å². The largest absolute Gasteiger partial charge is 0.413 e. The maximum atomic E-state index is 12.0. The van der Waals surface area contributed by atoms with Crippen molar-refractivity contribution < 1.29 is 18.0 Å². The first-order chi connectivity index (χ1) is 7.70. The van der Waals surface area contributed by atoms with Crippen molar-refractivity contribution in [1.29, 1.82) is 0 Å². The van der Waals surface area contributed by atoms with Crippen LogP contribution in [-0.2, 0) is 4.84 Å². The zero-order valence-corrected chi connectivity index (χ0v) is 10.7. The molecule has 1 saturated carbocycles. The number of hydroxylamine groups is 1. The van der Waals surface area contributed by atoms with Gasteiger partial charge in [0.2, 0.25) is 0 Å².